The van der Waals surface area contributed by atoms with Crippen LogP contribution in [0.5, 0.6) is 0 Å². The van der Waals surface area contributed by atoms with Crippen LogP contribution in [0.15, 0.2) is 34.3 Å². The Morgan fingerprint density at radius 3 is 2.41 bits per heavy atom. The molecule has 0 spiro atoms. The third-order valence-corrected chi connectivity index (χ3v) is 4.09. The monoisotopic (exact) mass is 324 g/mol. The number of rotatable bonds is 6. The number of hydrogen-bond donors (Lipinski definition) is 1. The molecule has 8 heteroatoms. The zero-order chi connectivity index (χ0) is 17.0. The number of aryl methyl sites for hydroxylation is 1. The minimum Gasteiger partial charge on any atom is -0.480 e. The first-order valence-corrected chi connectivity index (χ1v) is 7.68. The molecule has 0 saturated heterocycles. The molecule has 1 rings (SSSR count). The fraction of sp³-hybridized carbons (Fsp3) is 0.357. The van der Waals surface area contributed by atoms with Crippen LogP contribution in [0.3, 0.4) is 0 Å². The lowest BCUT2D eigenvalue weighted by molar-refractivity contribution is -0.141. The number of oxime groups is 1. The standard InChI is InChI=1S/C14H16N2O5S/c1-10-4-6-11(7-5-10)22(19,20)21-16-9-14(2,3)12(8-15)13(17)18/h4-7,9,12H,1-3H3,(H,17,18). The molecule has 0 heterocycles. The van der Waals surface area contributed by atoms with Crippen molar-refractivity contribution in [2.45, 2.75) is 25.7 Å². The van der Waals surface area contributed by atoms with Crippen LogP contribution in [0.4, 0.5) is 0 Å². The van der Waals surface area contributed by atoms with Crippen LogP contribution in [0.1, 0.15) is 19.4 Å². The highest BCUT2D eigenvalue weighted by Gasteiger charge is 2.34. The van der Waals surface area contributed by atoms with Crippen molar-refractivity contribution in [3.63, 3.8) is 0 Å². The van der Waals surface area contributed by atoms with Crippen molar-refractivity contribution in [2.75, 3.05) is 0 Å². The van der Waals surface area contributed by atoms with E-state index in [2.05, 4.69) is 9.44 Å². The molecule has 0 aliphatic heterocycles. The summed E-state index contributed by atoms with van der Waals surface area (Å²) in [4.78, 5) is 10.9. The van der Waals surface area contributed by atoms with E-state index in [4.69, 9.17) is 10.4 Å². The summed E-state index contributed by atoms with van der Waals surface area (Å²) in [7, 11) is -4.08. The minimum absolute atomic E-state index is 0.0666. The van der Waals surface area contributed by atoms with E-state index in [-0.39, 0.29) is 4.90 Å². The van der Waals surface area contributed by atoms with Crippen molar-refractivity contribution in [3.8, 4) is 6.07 Å². The first kappa shape index (κ1) is 17.7. The first-order chi connectivity index (χ1) is 10.1. The Balaban J connectivity index is 2.90. The van der Waals surface area contributed by atoms with Crippen molar-refractivity contribution in [3.05, 3.63) is 29.8 Å². The second-order valence-electron chi connectivity index (χ2n) is 5.30. The SMILES string of the molecule is Cc1ccc(S(=O)(=O)ON=CC(C)(C)C(C#N)C(=O)O)cc1. The van der Waals surface area contributed by atoms with Crippen molar-refractivity contribution in [1.29, 1.82) is 5.26 Å². The molecule has 1 N–H and O–H groups in total. The van der Waals surface area contributed by atoms with Gasteiger partial charge in [-0.25, -0.2) is 0 Å². The zero-order valence-electron chi connectivity index (χ0n) is 12.3. The molecule has 1 atom stereocenters. The summed E-state index contributed by atoms with van der Waals surface area (Å²) in [6.45, 7) is 4.70. The topological polar surface area (TPSA) is 117 Å². The van der Waals surface area contributed by atoms with Crippen LogP contribution < -0.4 is 0 Å². The number of hydrogen-bond acceptors (Lipinski definition) is 6. The maximum atomic E-state index is 11.9. The lowest BCUT2D eigenvalue weighted by Gasteiger charge is -2.20. The van der Waals surface area contributed by atoms with Gasteiger partial charge < -0.3 is 5.11 Å². The Hall–Kier alpha value is -2.40. The molecule has 0 saturated carbocycles. The Labute approximate surface area is 128 Å². The van der Waals surface area contributed by atoms with Crippen LogP contribution in [0.2, 0.25) is 0 Å². The highest BCUT2D eigenvalue weighted by atomic mass is 32.2. The molecule has 0 aliphatic rings. The fourth-order valence-corrected chi connectivity index (χ4v) is 2.29. The van der Waals surface area contributed by atoms with Crippen LogP contribution in [-0.4, -0.2) is 25.7 Å². The Morgan fingerprint density at radius 1 is 1.41 bits per heavy atom. The number of aliphatic carboxylic acids is 1. The first-order valence-electron chi connectivity index (χ1n) is 6.27. The lowest BCUT2D eigenvalue weighted by Crippen LogP contribution is -2.31. The normalized spacial score (nSPS) is 13.5. The van der Waals surface area contributed by atoms with E-state index in [1.165, 1.54) is 26.0 Å². The molecular formula is C14H16N2O5S. The van der Waals surface area contributed by atoms with E-state index >= 15 is 0 Å². The van der Waals surface area contributed by atoms with Gasteiger partial charge in [-0.3, -0.25) is 9.08 Å². The van der Waals surface area contributed by atoms with Gasteiger partial charge >= 0.3 is 16.1 Å². The molecule has 1 aromatic carbocycles. The van der Waals surface area contributed by atoms with Crippen molar-refractivity contribution >= 4 is 22.3 Å². The number of carboxylic acid groups (broad SMARTS) is 1. The number of nitrogens with zero attached hydrogens (tertiary/aromatic N) is 2. The Kier molecular flexibility index (Phi) is 5.28. The van der Waals surface area contributed by atoms with Gasteiger partial charge in [0.05, 0.1) is 12.3 Å². The van der Waals surface area contributed by atoms with Crippen LogP contribution in [0, 0.1) is 29.6 Å². The Bertz CT molecular complexity index is 715. The number of carboxylic acids is 1. The predicted molar refractivity (Wildman–Crippen MR) is 78.5 cm³/mol. The van der Waals surface area contributed by atoms with Crippen molar-refractivity contribution in [1.82, 2.24) is 0 Å². The molecule has 0 radical (unpaired) electrons. The molecule has 0 fully saturated rings. The van der Waals surface area contributed by atoms with Crippen molar-refractivity contribution < 1.29 is 22.6 Å². The van der Waals surface area contributed by atoms with E-state index in [0.29, 0.717) is 0 Å². The maximum absolute atomic E-state index is 11.9. The average Bonchev–Trinajstić information content (AvgIpc) is 2.38. The molecule has 0 aromatic heterocycles. The van der Waals surface area contributed by atoms with Crippen LogP contribution in [-0.2, 0) is 19.2 Å². The summed E-state index contributed by atoms with van der Waals surface area (Å²) in [5.41, 5.74) is -0.300. The van der Waals surface area contributed by atoms with Gasteiger partial charge in [-0.2, -0.15) is 13.7 Å². The molecule has 7 nitrogen and oxygen atoms in total. The van der Waals surface area contributed by atoms with Gasteiger partial charge in [0, 0.05) is 5.41 Å². The van der Waals surface area contributed by atoms with Gasteiger partial charge in [-0.1, -0.05) is 36.7 Å². The van der Waals surface area contributed by atoms with E-state index in [0.717, 1.165) is 11.8 Å². The van der Waals surface area contributed by atoms with Crippen LogP contribution in [0.25, 0.3) is 0 Å². The third-order valence-electron chi connectivity index (χ3n) is 2.96. The minimum atomic E-state index is -4.08. The highest BCUT2D eigenvalue weighted by molar-refractivity contribution is 7.86. The summed E-state index contributed by atoms with van der Waals surface area (Å²) < 4.78 is 28.3. The van der Waals surface area contributed by atoms with E-state index in [9.17, 15) is 13.2 Å². The Morgan fingerprint density at radius 2 is 1.95 bits per heavy atom. The average molecular weight is 324 g/mol. The van der Waals surface area contributed by atoms with Crippen molar-refractivity contribution in [2.24, 2.45) is 16.5 Å². The van der Waals surface area contributed by atoms with Gasteiger partial charge in [0.1, 0.15) is 4.90 Å². The summed E-state index contributed by atoms with van der Waals surface area (Å²) in [6, 6.07) is 7.61. The van der Waals surface area contributed by atoms with Gasteiger partial charge in [0.15, 0.2) is 5.92 Å². The number of carbonyl (C=O) groups is 1. The highest BCUT2D eigenvalue weighted by Crippen LogP contribution is 2.25. The summed E-state index contributed by atoms with van der Waals surface area (Å²) in [5.74, 6) is -2.69. The second kappa shape index (κ2) is 6.58. The fourth-order valence-electron chi connectivity index (χ4n) is 1.58. The van der Waals surface area contributed by atoms with E-state index in [1.54, 1.807) is 18.2 Å². The third kappa shape index (κ3) is 4.30. The largest absolute Gasteiger partial charge is 0.480 e. The summed E-state index contributed by atoms with van der Waals surface area (Å²) in [6.07, 6.45) is 1.00. The van der Waals surface area contributed by atoms with Gasteiger partial charge in [0.25, 0.3) is 0 Å². The number of nitriles is 1. The number of benzene rings is 1. The molecular weight excluding hydrogens is 308 g/mol. The zero-order valence-corrected chi connectivity index (χ0v) is 13.2. The summed E-state index contributed by atoms with van der Waals surface area (Å²) in [5, 5.41) is 21.1. The van der Waals surface area contributed by atoms with Gasteiger partial charge in [-0.15, -0.1) is 0 Å². The molecule has 0 amide bonds. The molecule has 1 aromatic rings. The second-order valence-corrected chi connectivity index (χ2v) is 6.83. The molecule has 1 unspecified atom stereocenters. The maximum Gasteiger partial charge on any atom is 0.358 e. The van der Waals surface area contributed by atoms with Gasteiger partial charge in [0.2, 0.25) is 0 Å². The summed E-state index contributed by atoms with van der Waals surface area (Å²) >= 11 is 0. The van der Waals surface area contributed by atoms with E-state index < -0.39 is 27.4 Å². The van der Waals surface area contributed by atoms with Gasteiger partial charge in [-0.05, 0) is 19.1 Å². The molecule has 0 aliphatic carbocycles. The molecule has 118 valence electrons. The molecule has 0 bridgehead atoms. The molecule has 22 heavy (non-hydrogen) atoms. The quantitative estimate of drug-likeness (QED) is 0.631. The van der Waals surface area contributed by atoms with E-state index in [1.807, 2.05) is 6.92 Å². The lowest BCUT2D eigenvalue weighted by atomic mass is 9.81. The predicted octanol–water partition coefficient (Wildman–Crippen LogP) is 1.94. The van der Waals surface area contributed by atoms with Crippen LogP contribution >= 0.6 is 0 Å². The smallest absolute Gasteiger partial charge is 0.358 e.